The van der Waals surface area contributed by atoms with E-state index >= 15 is 0 Å². The fourth-order valence-corrected chi connectivity index (χ4v) is 3.20. The second kappa shape index (κ2) is 15.5. The predicted molar refractivity (Wildman–Crippen MR) is 131 cm³/mol. The molecule has 9 heteroatoms. The lowest BCUT2D eigenvalue weighted by molar-refractivity contribution is -0.123. The molecule has 2 N–H and O–H groups in total. The second-order valence-corrected chi connectivity index (χ2v) is 7.50. The number of guanidine groups is 1. The van der Waals surface area contributed by atoms with Gasteiger partial charge in [0.1, 0.15) is 5.76 Å². The van der Waals surface area contributed by atoms with Crippen molar-refractivity contribution in [2.24, 2.45) is 4.99 Å². The van der Waals surface area contributed by atoms with Gasteiger partial charge in [-0.05, 0) is 39.3 Å². The smallest absolute Gasteiger partial charge is 0.234 e. The number of carbonyl (C=O) groups excluding carboxylic acids is 1. The minimum atomic E-state index is 0. The SMILES string of the molecule is CCOCCCN=C(NCCc1ccco1)N1CCN(CC(=O)NC(C)C)CC1.I. The van der Waals surface area contributed by atoms with Gasteiger partial charge in [-0.25, -0.2) is 0 Å². The van der Waals surface area contributed by atoms with Crippen molar-refractivity contribution < 1.29 is 13.9 Å². The molecule has 0 unspecified atom stereocenters. The Kier molecular flexibility index (Phi) is 13.8. The Hall–Kier alpha value is -1.33. The fourth-order valence-electron chi connectivity index (χ4n) is 3.20. The number of nitrogens with zero attached hydrogens (tertiary/aromatic N) is 3. The lowest BCUT2D eigenvalue weighted by atomic mass is 10.3. The summed E-state index contributed by atoms with van der Waals surface area (Å²) < 4.78 is 10.8. The van der Waals surface area contributed by atoms with E-state index in [0.717, 1.165) is 77.0 Å². The summed E-state index contributed by atoms with van der Waals surface area (Å²) in [5, 5.41) is 6.44. The van der Waals surface area contributed by atoms with Gasteiger partial charge < -0.3 is 24.7 Å². The minimum absolute atomic E-state index is 0. The zero-order chi connectivity index (χ0) is 20.9. The molecule has 0 aliphatic carbocycles. The van der Waals surface area contributed by atoms with Crippen LogP contribution >= 0.6 is 24.0 Å². The van der Waals surface area contributed by atoms with E-state index in [1.165, 1.54) is 0 Å². The highest BCUT2D eigenvalue weighted by Gasteiger charge is 2.21. The monoisotopic (exact) mass is 535 g/mol. The number of hydrogen-bond donors (Lipinski definition) is 2. The van der Waals surface area contributed by atoms with Gasteiger partial charge in [-0.3, -0.25) is 14.7 Å². The summed E-state index contributed by atoms with van der Waals surface area (Å²) in [5.41, 5.74) is 0. The van der Waals surface area contributed by atoms with E-state index in [4.69, 9.17) is 14.1 Å². The third-order valence-electron chi connectivity index (χ3n) is 4.64. The zero-order valence-electron chi connectivity index (χ0n) is 18.6. The van der Waals surface area contributed by atoms with Crippen molar-refractivity contribution in [3.8, 4) is 0 Å². The molecule has 8 nitrogen and oxygen atoms in total. The molecule has 0 saturated carbocycles. The highest BCUT2D eigenvalue weighted by molar-refractivity contribution is 14.0. The number of ether oxygens (including phenoxy) is 1. The number of halogens is 1. The minimum Gasteiger partial charge on any atom is -0.469 e. The Bertz CT molecular complexity index is 602. The summed E-state index contributed by atoms with van der Waals surface area (Å²) in [5.74, 6) is 1.99. The zero-order valence-corrected chi connectivity index (χ0v) is 20.9. The quantitative estimate of drug-likeness (QED) is 0.195. The van der Waals surface area contributed by atoms with Gasteiger partial charge in [0.05, 0.1) is 12.8 Å². The van der Waals surface area contributed by atoms with Gasteiger partial charge in [0.25, 0.3) is 0 Å². The van der Waals surface area contributed by atoms with Crippen LogP contribution in [0.3, 0.4) is 0 Å². The number of rotatable bonds is 11. The first-order chi connectivity index (χ1) is 14.1. The number of hydrogen-bond acceptors (Lipinski definition) is 5. The van der Waals surface area contributed by atoms with Gasteiger partial charge in [0.15, 0.2) is 5.96 Å². The molecule has 2 rings (SSSR count). The van der Waals surface area contributed by atoms with E-state index in [0.29, 0.717) is 6.54 Å². The maximum absolute atomic E-state index is 12.0. The molecule has 1 aromatic heterocycles. The third-order valence-corrected chi connectivity index (χ3v) is 4.64. The highest BCUT2D eigenvalue weighted by Crippen LogP contribution is 2.04. The average molecular weight is 535 g/mol. The van der Waals surface area contributed by atoms with Crippen molar-refractivity contribution in [2.45, 2.75) is 39.7 Å². The van der Waals surface area contributed by atoms with E-state index in [2.05, 4.69) is 20.4 Å². The normalized spacial score (nSPS) is 15.2. The summed E-state index contributed by atoms with van der Waals surface area (Å²) in [6, 6.07) is 4.08. The van der Waals surface area contributed by atoms with Gasteiger partial charge in [-0.15, -0.1) is 24.0 Å². The van der Waals surface area contributed by atoms with Crippen LogP contribution in [0, 0.1) is 0 Å². The summed E-state index contributed by atoms with van der Waals surface area (Å²) >= 11 is 0. The van der Waals surface area contributed by atoms with Crippen molar-refractivity contribution in [1.82, 2.24) is 20.4 Å². The molecule has 1 amide bonds. The number of nitrogens with one attached hydrogen (secondary N) is 2. The summed E-state index contributed by atoms with van der Waals surface area (Å²) in [4.78, 5) is 21.3. The molecule has 30 heavy (non-hydrogen) atoms. The van der Waals surface area contributed by atoms with Crippen molar-refractivity contribution in [3.63, 3.8) is 0 Å². The van der Waals surface area contributed by atoms with E-state index in [9.17, 15) is 4.79 Å². The first-order valence-electron chi connectivity index (χ1n) is 10.7. The predicted octanol–water partition coefficient (Wildman–Crippen LogP) is 1.95. The van der Waals surface area contributed by atoms with Gasteiger partial charge in [0, 0.05) is 64.9 Å². The lowest BCUT2D eigenvalue weighted by Crippen LogP contribution is -2.54. The molecular formula is C21H38IN5O3. The maximum Gasteiger partial charge on any atom is 0.234 e. The molecule has 2 heterocycles. The Morgan fingerprint density at radius 2 is 2.07 bits per heavy atom. The molecule has 1 aromatic rings. The van der Waals surface area contributed by atoms with Crippen LogP contribution in [0.25, 0.3) is 0 Å². The molecule has 0 aromatic carbocycles. The summed E-state index contributed by atoms with van der Waals surface area (Å²) in [6.07, 6.45) is 3.43. The van der Waals surface area contributed by atoms with Gasteiger partial charge in [-0.1, -0.05) is 0 Å². The molecule has 172 valence electrons. The number of furan rings is 1. The molecular weight excluding hydrogens is 497 g/mol. The van der Waals surface area contributed by atoms with Gasteiger partial charge in [-0.2, -0.15) is 0 Å². The summed E-state index contributed by atoms with van der Waals surface area (Å²) in [7, 11) is 0. The molecule has 1 aliphatic heterocycles. The van der Waals surface area contributed by atoms with Crippen molar-refractivity contribution in [1.29, 1.82) is 0 Å². The van der Waals surface area contributed by atoms with Crippen molar-refractivity contribution in [2.75, 3.05) is 59.0 Å². The molecule has 1 aliphatic rings. The Morgan fingerprint density at radius 1 is 1.30 bits per heavy atom. The van der Waals surface area contributed by atoms with E-state index < -0.39 is 0 Å². The van der Waals surface area contributed by atoms with Crippen molar-refractivity contribution in [3.05, 3.63) is 24.2 Å². The first-order valence-corrected chi connectivity index (χ1v) is 10.7. The Labute approximate surface area is 197 Å². The van der Waals surface area contributed by atoms with Crippen LogP contribution in [0.2, 0.25) is 0 Å². The maximum atomic E-state index is 12.0. The topological polar surface area (TPSA) is 82.3 Å². The van der Waals surface area contributed by atoms with Gasteiger partial charge in [0.2, 0.25) is 5.91 Å². The molecule has 0 atom stereocenters. The van der Waals surface area contributed by atoms with E-state index in [-0.39, 0.29) is 35.9 Å². The van der Waals surface area contributed by atoms with Crippen LogP contribution in [-0.2, 0) is 16.0 Å². The van der Waals surface area contributed by atoms with Crippen LogP contribution in [0.1, 0.15) is 33.0 Å². The third kappa shape index (κ3) is 10.6. The van der Waals surface area contributed by atoms with E-state index in [1.807, 2.05) is 32.9 Å². The molecule has 0 bridgehead atoms. The molecule has 1 saturated heterocycles. The average Bonchev–Trinajstić information content (AvgIpc) is 3.20. The van der Waals surface area contributed by atoms with Crippen LogP contribution in [0.15, 0.2) is 27.8 Å². The highest BCUT2D eigenvalue weighted by atomic mass is 127. The standard InChI is InChI=1S/C21H37N5O3.HI/c1-4-28-15-6-9-22-21(23-10-8-19-7-5-16-29-19)26-13-11-25(12-14-26)17-20(27)24-18(2)3;/h5,7,16,18H,4,6,8-15,17H2,1-3H3,(H,22,23)(H,24,27);1H. The Morgan fingerprint density at radius 3 is 2.70 bits per heavy atom. The first kappa shape index (κ1) is 26.7. The van der Waals surface area contributed by atoms with Crippen LogP contribution in [0.4, 0.5) is 0 Å². The largest absolute Gasteiger partial charge is 0.469 e. The van der Waals surface area contributed by atoms with Gasteiger partial charge >= 0.3 is 0 Å². The fraction of sp³-hybridized carbons (Fsp3) is 0.714. The van der Waals surface area contributed by atoms with Crippen LogP contribution < -0.4 is 10.6 Å². The van der Waals surface area contributed by atoms with Crippen molar-refractivity contribution >= 4 is 35.8 Å². The van der Waals surface area contributed by atoms with Crippen LogP contribution in [-0.4, -0.2) is 86.7 Å². The molecule has 0 spiro atoms. The van der Waals surface area contributed by atoms with Crippen LogP contribution in [0.5, 0.6) is 0 Å². The number of carbonyl (C=O) groups is 1. The number of piperazine rings is 1. The lowest BCUT2D eigenvalue weighted by Gasteiger charge is -2.36. The summed E-state index contributed by atoms with van der Waals surface area (Å²) in [6.45, 7) is 12.8. The number of aliphatic imine (C=N–C) groups is 1. The molecule has 1 fully saturated rings. The number of amides is 1. The molecule has 0 radical (unpaired) electrons. The second-order valence-electron chi connectivity index (χ2n) is 7.50. The van der Waals surface area contributed by atoms with E-state index in [1.54, 1.807) is 6.26 Å². The Balaban J connectivity index is 0.00000450.